The maximum atomic E-state index is 10.5. The van der Waals surface area contributed by atoms with E-state index in [2.05, 4.69) is 19.1 Å². The van der Waals surface area contributed by atoms with Crippen molar-refractivity contribution in [2.75, 3.05) is 0 Å². The molecule has 25 heavy (non-hydrogen) atoms. The molecule has 0 heterocycles. The van der Waals surface area contributed by atoms with Crippen LogP contribution in [0.15, 0.2) is 24.3 Å². The van der Waals surface area contributed by atoms with Gasteiger partial charge in [0, 0.05) is 18.8 Å². The van der Waals surface area contributed by atoms with Crippen molar-refractivity contribution in [3.8, 4) is 0 Å². The monoisotopic (exact) mass is 354 g/mol. The molecule has 0 aliphatic heterocycles. The van der Waals surface area contributed by atoms with E-state index in [4.69, 9.17) is 5.11 Å². The molecular formula is C20H34O5. The molecule has 0 radical (unpaired) electrons. The second-order valence-corrected chi connectivity index (χ2v) is 7.05. The minimum atomic E-state index is -0.865. The Labute approximate surface area is 151 Å². The van der Waals surface area contributed by atoms with Crippen LogP contribution in [-0.4, -0.2) is 44.7 Å². The van der Waals surface area contributed by atoms with Crippen molar-refractivity contribution in [1.29, 1.82) is 0 Å². The quantitative estimate of drug-likeness (QED) is 0.319. The van der Waals surface area contributed by atoms with Gasteiger partial charge in [0.15, 0.2) is 0 Å². The normalized spacial score (nSPS) is 28.2. The van der Waals surface area contributed by atoms with E-state index in [-0.39, 0.29) is 18.3 Å². The molecule has 0 bridgehead atoms. The Morgan fingerprint density at radius 1 is 1.16 bits per heavy atom. The van der Waals surface area contributed by atoms with Crippen LogP contribution in [0, 0.1) is 11.8 Å². The van der Waals surface area contributed by atoms with Crippen LogP contribution in [0.5, 0.6) is 0 Å². The van der Waals surface area contributed by atoms with E-state index < -0.39 is 24.3 Å². The zero-order valence-electron chi connectivity index (χ0n) is 15.3. The molecule has 1 aliphatic carbocycles. The van der Waals surface area contributed by atoms with Crippen LogP contribution in [-0.2, 0) is 4.79 Å². The molecule has 0 unspecified atom stereocenters. The highest BCUT2D eigenvalue weighted by atomic mass is 16.4. The van der Waals surface area contributed by atoms with E-state index in [0.29, 0.717) is 25.7 Å². The van der Waals surface area contributed by atoms with E-state index in [1.54, 1.807) is 12.2 Å². The van der Waals surface area contributed by atoms with Gasteiger partial charge < -0.3 is 20.4 Å². The zero-order valence-corrected chi connectivity index (χ0v) is 15.3. The van der Waals surface area contributed by atoms with E-state index in [9.17, 15) is 20.1 Å². The van der Waals surface area contributed by atoms with Crippen molar-refractivity contribution in [1.82, 2.24) is 0 Å². The van der Waals surface area contributed by atoms with Gasteiger partial charge in [-0.05, 0) is 38.0 Å². The van der Waals surface area contributed by atoms with Gasteiger partial charge in [-0.25, -0.2) is 0 Å². The molecule has 1 saturated carbocycles. The lowest BCUT2D eigenvalue weighted by Gasteiger charge is -2.19. The van der Waals surface area contributed by atoms with Crippen LogP contribution >= 0.6 is 0 Å². The Morgan fingerprint density at radius 3 is 2.60 bits per heavy atom. The van der Waals surface area contributed by atoms with Crippen molar-refractivity contribution >= 4 is 5.97 Å². The molecule has 0 amide bonds. The Bertz CT molecular complexity index is 432. The van der Waals surface area contributed by atoms with Gasteiger partial charge in [0.05, 0.1) is 18.3 Å². The van der Waals surface area contributed by atoms with Crippen LogP contribution in [0.25, 0.3) is 0 Å². The first kappa shape index (κ1) is 21.9. The fraction of sp³-hybridized carbons (Fsp3) is 0.750. The zero-order chi connectivity index (χ0) is 18.7. The molecule has 0 spiro atoms. The number of carboxylic acids is 1. The third-order valence-electron chi connectivity index (χ3n) is 4.91. The Morgan fingerprint density at radius 2 is 1.92 bits per heavy atom. The molecule has 0 aromatic carbocycles. The number of hydrogen-bond acceptors (Lipinski definition) is 4. The number of carboxylic acid groups (broad SMARTS) is 1. The number of hydrogen-bond donors (Lipinski definition) is 4. The first-order valence-electron chi connectivity index (χ1n) is 9.55. The van der Waals surface area contributed by atoms with Gasteiger partial charge in [-0.15, -0.1) is 0 Å². The minimum Gasteiger partial charge on any atom is -0.481 e. The highest BCUT2D eigenvalue weighted by Crippen LogP contribution is 2.36. The van der Waals surface area contributed by atoms with Crippen LogP contribution in [0.1, 0.15) is 64.7 Å². The molecule has 1 rings (SSSR count). The summed E-state index contributed by atoms with van der Waals surface area (Å²) in [5.74, 6) is -1.08. The number of rotatable bonds is 12. The molecule has 1 aliphatic rings. The number of aliphatic hydroxyl groups excluding tert-OH is 3. The van der Waals surface area contributed by atoms with Crippen LogP contribution in [0.4, 0.5) is 0 Å². The summed E-state index contributed by atoms with van der Waals surface area (Å²) in [5.41, 5.74) is 0. The third-order valence-corrected chi connectivity index (χ3v) is 4.91. The van der Waals surface area contributed by atoms with Crippen molar-refractivity contribution in [3.63, 3.8) is 0 Å². The fourth-order valence-corrected chi connectivity index (χ4v) is 3.41. The average molecular weight is 354 g/mol. The number of aliphatic carboxylic acids is 1. The van der Waals surface area contributed by atoms with Crippen LogP contribution in [0.3, 0.4) is 0 Å². The van der Waals surface area contributed by atoms with Crippen LogP contribution in [0.2, 0.25) is 0 Å². The molecule has 0 aromatic heterocycles. The summed E-state index contributed by atoms with van der Waals surface area (Å²) in [5, 5.41) is 38.9. The smallest absolute Gasteiger partial charge is 0.303 e. The standard InChI is InChI=1S/C20H34O5/c1-2-3-4-5-6-7-10-16-17(19(23)14-18(16)22)13-12-15(21)9-8-11-20(24)25/h6-7,12-13,15-19,21-23H,2-5,8-11,14H2,1H3,(H,24,25)/b7-6-,13-12+/t15-,16+,17+,18-,19+/m1/s1. The molecule has 0 aromatic rings. The maximum Gasteiger partial charge on any atom is 0.303 e. The predicted octanol–water partition coefficient (Wildman–Crippen LogP) is 3.04. The van der Waals surface area contributed by atoms with E-state index in [1.807, 2.05) is 0 Å². The summed E-state index contributed by atoms with van der Waals surface area (Å²) in [4.78, 5) is 10.5. The summed E-state index contributed by atoms with van der Waals surface area (Å²) in [6.45, 7) is 2.17. The van der Waals surface area contributed by atoms with Crippen molar-refractivity contribution in [3.05, 3.63) is 24.3 Å². The Hall–Kier alpha value is -1.17. The van der Waals surface area contributed by atoms with E-state index in [0.717, 1.165) is 6.42 Å². The lowest BCUT2D eigenvalue weighted by molar-refractivity contribution is -0.137. The van der Waals surface area contributed by atoms with Gasteiger partial charge in [-0.2, -0.15) is 0 Å². The van der Waals surface area contributed by atoms with Gasteiger partial charge in [0.1, 0.15) is 0 Å². The number of carbonyl (C=O) groups is 1. The van der Waals surface area contributed by atoms with Crippen molar-refractivity contribution < 1.29 is 25.2 Å². The predicted molar refractivity (Wildman–Crippen MR) is 98.1 cm³/mol. The second kappa shape index (κ2) is 12.2. The lowest BCUT2D eigenvalue weighted by atomic mass is 9.89. The minimum absolute atomic E-state index is 0.0418. The summed E-state index contributed by atoms with van der Waals surface area (Å²) >= 11 is 0. The largest absolute Gasteiger partial charge is 0.481 e. The molecular weight excluding hydrogens is 320 g/mol. The van der Waals surface area contributed by atoms with Crippen molar-refractivity contribution in [2.45, 2.75) is 83.0 Å². The number of aliphatic hydroxyl groups is 3. The first-order valence-corrected chi connectivity index (χ1v) is 9.55. The highest BCUT2D eigenvalue weighted by molar-refractivity contribution is 5.66. The summed E-state index contributed by atoms with van der Waals surface area (Å²) in [6, 6.07) is 0. The molecule has 5 nitrogen and oxygen atoms in total. The average Bonchev–Trinajstić information content (AvgIpc) is 2.81. The second-order valence-electron chi connectivity index (χ2n) is 7.05. The van der Waals surface area contributed by atoms with Gasteiger partial charge >= 0.3 is 5.97 Å². The fourth-order valence-electron chi connectivity index (χ4n) is 3.41. The first-order chi connectivity index (χ1) is 12.0. The van der Waals surface area contributed by atoms with E-state index >= 15 is 0 Å². The summed E-state index contributed by atoms with van der Waals surface area (Å²) < 4.78 is 0. The van der Waals surface area contributed by atoms with Gasteiger partial charge in [-0.3, -0.25) is 4.79 Å². The molecule has 144 valence electrons. The lowest BCUT2D eigenvalue weighted by Crippen LogP contribution is -2.20. The summed E-state index contributed by atoms with van der Waals surface area (Å²) in [6.07, 6.45) is 12.4. The van der Waals surface area contributed by atoms with Gasteiger partial charge in [0.25, 0.3) is 0 Å². The SMILES string of the molecule is CCCCC/C=C\C[C@H]1[C@H](/C=C/[C@H](O)CCCC(=O)O)[C@@H](O)C[C@H]1O. The van der Waals surface area contributed by atoms with Gasteiger partial charge in [0.2, 0.25) is 0 Å². The highest BCUT2D eigenvalue weighted by Gasteiger charge is 2.39. The Kier molecular flexibility index (Phi) is 10.7. The number of allylic oxidation sites excluding steroid dienone is 2. The molecule has 4 N–H and O–H groups in total. The third kappa shape index (κ3) is 8.66. The molecule has 5 atom stereocenters. The topological polar surface area (TPSA) is 98.0 Å². The Balaban J connectivity index is 2.47. The maximum absolute atomic E-state index is 10.5. The summed E-state index contributed by atoms with van der Waals surface area (Å²) in [7, 11) is 0. The number of unbranched alkanes of at least 4 members (excludes halogenated alkanes) is 3. The van der Waals surface area contributed by atoms with Crippen LogP contribution < -0.4 is 0 Å². The van der Waals surface area contributed by atoms with E-state index in [1.165, 1.54) is 19.3 Å². The molecule has 5 heteroatoms. The molecule has 0 saturated heterocycles. The molecule has 1 fully saturated rings. The van der Waals surface area contributed by atoms with Gasteiger partial charge in [-0.1, -0.05) is 44.1 Å². The van der Waals surface area contributed by atoms with Crippen molar-refractivity contribution in [2.24, 2.45) is 11.8 Å².